The molecule has 0 bridgehead atoms. The predicted octanol–water partition coefficient (Wildman–Crippen LogP) is 2.26. The summed E-state index contributed by atoms with van der Waals surface area (Å²) in [7, 11) is 0. The Hall–Kier alpha value is -2.30. The number of aryl methyl sites for hydroxylation is 1. The minimum absolute atomic E-state index is 0.176. The molecule has 5 nitrogen and oxygen atoms in total. The highest BCUT2D eigenvalue weighted by molar-refractivity contribution is 5.88. The molecular weight excluding hydrogens is 222 g/mol. The van der Waals surface area contributed by atoms with Crippen LogP contribution in [-0.2, 0) is 6.61 Å². The third-order valence-corrected chi connectivity index (χ3v) is 2.23. The van der Waals surface area contributed by atoms with Crippen LogP contribution in [0, 0.1) is 6.92 Å². The third kappa shape index (κ3) is 2.63. The summed E-state index contributed by atoms with van der Waals surface area (Å²) >= 11 is 0. The molecule has 0 spiro atoms. The lowest BCUT2D eigenvalue weighted by atomic mass is 10.2. The van der Waals surface area contributed by atoms with Crippen molar-refractivity contribution in [2.24, 2.45) is 0 Å². The van der Waals surface area contributed by atoms with E-state index < -0.39 is 5.97 Å². The molecule has 5 heteroatoms. The fourth-order valence-corrected chi connectivity index (χ4v) is 1.38. The molecule has 0 amide bonds. The lowest BCUT2D eigenvalue weighted by Crippen LogP contribution is -2.03. The standard InChI is InChI=1S/C12H11NO4/c1-8-10(12(14)15)4-5-11(13-8)17-7-9-3-2-6-16-9/h2-6H,7H2,1H3,(H,14,15). The zero-order chi connectivity index (χ0) is 12.3. The van der Waals surface area contributed by atoms with Gasteiger partial charge in [0.25, 0.3) is 0 Å². The molecule has 0 aliphatic heterocycles. The fourth-order valence-electron chi connectivity index (χ4n) is 1.38. The van der Waals surface area contributed by atoms with Crippen LogP contribution in [0.25, 0.3) is 0 Å². The van der Waals surface area contributed by atoms with Crippen LogP contribution in [0.2, 0.25) is 0 Å². The number of carbonyl (C=O) groups is 1. The maximum absolute atomic E-state index is 10.8. The highest BCUT2D eigenvalue weighted by atomic mass is 16.5. The normalized spacial score (nSPS) is 10.2. The third-order valence-electron chi connectivity index (χ3n) is 2.23. The summed E-state index contributed by atoms with van der Waals surface area (Å²) < 4.78 is 10.5. The van der Waals surface area contributed by atoms with E-state index in [-0.39, 0.29) is 12.2 Å². The van der Waals surface area contributed by atoms with E-state index in [1.807, 2.05) is 0 Å². The highest BCUT2D eigenvalue weighted by Gasteiger charge is 2.09. The minimum Gasteiger partial charge on any atom is -0.478 e. The summed E-state index contributed by atoms with van der Waals surface area (Å²) in [5, 5.41) is 8.84. The van der Waals surface area contributed by atoms with Crippen molar-refractivity contribution in [3.63, 3.8) is 0 Å². The minimum atomic E-state index is -0.993. The average molecular weight is 233 g/mol. The van der Waals surface area contributed by atoms with Crippen LogP contribution < -0.4 is 4.74 Å². The van der Waals surface area contributed by atoms with Crippen LogP contribution in [0.3, 0.4) is 0 Å². The van der Waals surface area contributed by atoms with Crippen LogP contribution in [0.4, 0.5) is 0 Å². The molecule has 0 aromatic carbocycles. The van der Waals surface area contributed by atoms with Crippen LogP contribution in [0.1, 0.15) is 21.8 Å². The molecule has 17 heavy (non-hydrogen) atoms. The molecule has 2 aromatic rings. The van der Waals surface area contributed by atoms with E-state index >= 15 is 0 Å². The van der Waals surface area contributed by atoms with Crippen molar-refractivity contribution in [2.75, 3.05) is 0 Å². The summed E-state index contributed by atoms with van der Waals surface area (Å²) in [4.78, 5) is 14.8. The van der Waals surface area contributed by atoms with Gasteiger partial charge in [0.05, 0.1) is 17.5 Å². The lowest BCUT2D eigenvalue weighted by Gasteiger charge is -2.05. The molecule has 0 fully saturated rings. The van der Waals surface area contributed by atoms with Crippen LogP contribution in [0.15, 0.2) is 34.9 Å². The fraction of sp³-hybridized carbons (Fsp3) is 0.167. The number of aromatic carboxylic acids is 1. The molecule has 0 aliphatic carbocycles. The number of aromatic nitrogens is 1. The monoisotopic (exact) mass is 233 g/mol. The summed E-state index contributed by atoms with van der Waals surface area (Å²) in [5.41, 5.74) is 0.602. The van der Waals surface area contributed by atoms with E-state index in [4.69, 9.17) is 14.3 Å². The first-order valence-corrected chi connectivity index (χ1v) is 5.03. The number of hydrogen-bond donors (Lipinski definition) is 1. The zero-order valence-corrected chi connectivity index (χ0v) is 9.21. The molecule has 88 valence electrons. The van der Waals surface area contributed by atoms with Crippen LogP contribution >= 0.6 is 0 Å². The number of pyridine rings is 1. The molecule has 2 aromatic heterocycles. The van der Waals surface area contributed by atoms with Gasteiger partial charge < -0.3 is 14.3 Å². The Morgan fingerprint density at radius 3 is 2.88 bits per heavy atom. The van der Waals surface area contributed by atoms with Gasteiger partial charge in [0.1, 0.15) is 12.4 Å². The summed E-state index contributed by atoms with van der Waals surface area (Å²) in [6.45, 7) is 1.90. The Morgan fingerprint density at radius 1 is 1.47 bits per heavy atom. The van der Waals surface area contributed by atoms with Gasteiger partial charge in [0.15, 0.2) is 0 Å². The van der Waals surface area contributed by atoms with Gasteiger partial charge >= 0.3 is 5.97 Å². The maximum Gasteiger partial charge on any atom is 0.337 e. The van der Waals surface area contributed by atoms with Gasteiger partial charge in [-0.1, -0.05) is 0 Å². The van der Waals surface area contributed by atoms with E-state index in [0.29, 0.717) is 17.3 Å². The molecule has 0 saturated carbocycles. The second-order valence-corrected chi connectivity index (χ2v) is 3.46. The molecule has 0 radical (unpaired) electrons. The van der Waals surface area contributed by atoms with Crippen molar-refractivity contribution in [1.29, 1.82) is 0 Å². The number of hydrogen-bond acceptors (Lipinski definition) is 4. The van der Waals surface area contributed by atoms with Crippen LogP contribution in [-0.4, -0.2) is 16.1 Å². The Balaban J connectivity index is 2.07. The Bertz CT molecular complexity index is 519. The smallest absolute Gasteiger partial charge is 0.337 e. The SMILES string of the molecule is Cc1nc(OCc2ccco2)ccc1C(=O)O. The van der Waals surface area contributed by atoms with Gasteiger partial charge in [-0.15, -0.1) is 0 Å². The van der Waals surface area contributed by atoms with E-state index in [1.54, 1.807) is 25.3 Å². The molecule has 2 rings (SSSR count). The van der Waals surface area contributed by atoms with Crippen molar-refractivity contribution >= 4 is 5.97 Å². The molecule has 0 saturated heterocycles. The van der Waals surface area contributed by atoms with Crippen molar-refractivity contribution in [3.8, 4) is 5.88 Å². The lowest BCUT2D eigenvalue weighted by molar-refractivity contribution is 0.0695. The molecule has 0 aliphatic rings. The first-order valence-electron chi connectivity index (χ1n) is 5.03. The van der Waals surface area contributed by atoms with Crippen LogP contribution in [0.5, 0.6) is 5.88 Å². The quantitative estimate of drug-likeness (QED) is 0.876. The second-order valence-electron chi connectivity index (χ2n) is 3.46. The van der Waals surface area contributed by atoms with Crippen molar-refractivity contribution in [1.82, 2.24) is 4.98 Å². The van der Waals surface area contributed by atoms with Gasteiger partial charge in [-0.25, -0.2) is 9.78 Å². The second kappa shape index (κ2) is 4.69. The first kappa shape index (κ1) is 11.2. The molecular formula is C12H11NO4. The van der Waals surface area contributed by atoms with Gasteiger partial charge in [-0.2, -0.15) is 0 Å². The maximum atomic E-state index is 10.8. The highest BCUT2D eigenvalue weighted by Crippen LogP contribution is 2.14. The Morgan fingerprint density at radius 2 is 2.29 bits per heavy atom. The zero-order valence-electron chi connectivity index (χ0n) is 9.21. The van der Waals surface area contributed by atoms with E-state index in [1.165, 1.54) is 12.1 Å². The predicted molar refractivity (Wildman–Crippen MR) is 59.0 cm³/mol. The van der Waals surface area contributed by atoms with Gasteiger partial charge in [-0.3, -0.25) is 0 Å². The largest absolute Gasteiger partial charge is 0.478 e. The summed E-state index contributed by atoms with van der Waals surface area (Å²) in [6.07, 6.45) is 1.56. The first-order chi connectivity index (χ1) is 8.16. The van der Waals surface area contributed by atoms with Gasteiger partial charge in [0.2, 0.25) is 5.88 Å². The summed E-state index contributed by atoms with van der Waals surface area (Å²) in [5.74, 6) is 0.0725. The number of carboxylic acid groups (broad SMARTS) is 1. The van der Waals surface area contributed by atoms with Crippen molar-refractivity contribution in [2.45, 2.75) is 13.5 Å². The van der Waals surface area contributed by atoms with E-state index in [0.717, 1.165) is 0 Å². The topological polar surface area (TPSA) is 72.6 Å². The number of nitrogens with zero attached hydrogens (tertiary/aromatic N) is 1. The van der Waals surface area contributed by atoms with Gasteiger partial charge in [-0.05, 0) is 25.1 Å². The molecule has 0 atom stereocenters. The molecule has 0 unspecified atom stereocenters. The Kier molecular flexibility index (Phi) is 3.09. The number of rotatable bonds is 4. The average Bonchev–Trinajstić information content (AvgIpc) is 2.78. The number of furan rings is 1. The molecule has 1 N–H and O–H groups in total. The number of carboxylic acids is 1. The van der Waals surface area contributed by atoms with E-state index in [9.17, 15) is 4.79 Å². The van der Waals surface area contributed by atoms with Gasteiger partial charge in [0, 0.05) is 6.07 Å². The van der Waals surface area contributed by atoms with Crippen molar-refractivity contribution in [3.05, 3.63) is 47.5 Å². The van der Waals surface area contributed by atoms with Crippen molar-refractivity contribution < 1.29 is 19.1 Å². The molecule has 2 heterocycles. The Labute approximate surface area is 97.7 Å². The summed E-state index contributed by atoms with van der Waals surface area (Å²) in [6, 6.07) is 6.56. The van der Waals surface area contributed by atoms with E-state index in [2.05, 4.69) is 4.98 Å². The number of ether oxygens (including phenoxy) is 1.